The van der Waals surface area contributed by atoms with Crippen LogP contribution >= 0.6 is 23.2 Å². The van der Waals surface area contributed by atoms with E-state index in [1.54, 1.807) is 0 Å². The van der Waals surface area contributed by atoms with Crippen molar-refractivity contribution < 1.29 is 23.1 Å². The molecule has 96 valence electrons. The van der Waals surface area contributed by atoms with Crippen LogP contribution in [0.4, 0.5) is 13.2 Å². The Morgan fingerprint density at radius 3 is 2.44 bits per heavy atom. The summed E-state index contributed by atoms with van der Waals surface area (Å²) in [6.07, 6.45) is -4.73. The van der Waals surface area contributed by atoms with Gasteiger partial charge in [0, 0.05) is 6.07 Å². The average Bonchev–Trinajstić information content (AvgIpc) is 2.66. The quantitative estimate of drug-likeness (QED) is 0.878. The van der Waals surface area contributed by atoms with Crippen molar-refractivity contribution in [1.82, 2.24) is 9.61 Å². The van der Waals surface area contributed by atoms with Crippen LogP contribution in [-0.4, -0.2) is 20.7 Å². The Bertz CT molecular complexity index is 651. The third-order valence-corrected chi connectivity index (χ3v) is 2.94. The number of alkyl halides is 3. The average molecular weight is 299 g/mol. The predicted molar refractivity (Wildman–Crippen MR) is 57.2 cm³/mol. The first-order valence-corrected chi connectivity index (χ1v) is 5.15. The first-order chi connectivity index (χ1) is 8.21. The van der Waals surface area contributed by atoms with Crippen molar-refractivity contribution in [3.05, 3.63) is 33.6 Å². The van der Waals surface area contributed by atoms with Crippen LogP contribution in [0.1, 0.15) is 16.2 Å². The monoisotopic (exact) mass is 298 g/mol. The molecule has 9 heteroatoms. The maximum Gasteiger partial charge on any atom is 0.433 e. The molecule has 4 nitrogen and oxygen atoms in total. The molecule has 2 rings (SSSR count). The fourth-order valence-corrected chi connectivity index (χ4v) is 1.78. The highest BCUT2D eigenvalue weighted by molar-refractivity contribution is 6.44. The van der Waals surface area contributed by atoms with Gasteiger partial charge in [0.2, 0.25) is 0 Å². The predicted octanol–water partition coefficient (Wildman–Crippen LogP) is 3.36. The molecule has 0 aliphatic heterocycles. The van der Waals surface area contributed by atoms with Crippen LogP contribution in [0.25, 0.3) is 5.52 Å². The minimum Gasteiger partial charge on any atom is -0.476 e. The van der Waals surface area contributed by atoms with Crippen molar-refractivity contribution in [3.63, 3.8) is 0 Å². The SMILES string of the molecule is O=C(O)c1cc2c(Cl)c(Cl)cc(C(F)(F)F)n2n1. The number of nitrogens with zero attached hydrogens (tertiary/aromatic N) is 2. The van der Waals surface area contributed by atoms with E-state index in [2.05, 4.69) is 5.10 Å². The molecule has 0 fully saturated rings. The van der Waals surface area contributed by atoms with E-state index in [-0.39, 0.29) is 15.6 Å². The molecule has 0 aromatic carbocycles. The summed E-state index contributed by atoms with van der Waals surface area (Å²) in [7, 11) is 0. The highest BCUT2D eigenvalue weighted by atomic mass is 35.5. The van der Waals surface area contributed by atoms with E-state index in [9.17, 15) is 18.0 Å². The zero-order chi connectivity index (χ0) is 13.7. The molecular weight excluding hydrogens is 296 g/mol. The summed E-state index contributed by atoms with van der Waals surface area (Å²) in [5.41, 5.74) is -1.96. The van der Waals surface area contributed by atoms with Crippen molar-refractivity contribution in [2.24, 2.45) is 0 Å². The molecule has 0 saturated heterocycles. The number of fused-ring (bicyclic) bond motifs is 1. The zero-order valence-electron chi connectivity index (χ0n) is 8.29. The van der Waals surface area contributed by atoms with Gasteiger partial charge < -0.3 is 5.11 Å². The van der Waals surface area contributed by atoms with Gasteiger partial charge in [0.05, 0.1) is 15.6 Å². The third-order valence-electron chi connectivity index (χ3n) is 2.15. The van der Waals surface area contributed by atoms with Crippen molar-refractivity contribution in [3.8, 4) is 0 Å². The van der Waals surface area contributed by atoms with E-state index >= 15 is 0 Å². The highest BCUT2D eigenvalue weighted by Gasteiger charge is 2.35. The van der Waals surface area contributed by atoms with Gasteiger partial charge in [0.1, 0.15) is 5.69 Å². The highest BCUT2D eigenvalue weighted by Crippen LogP contribution is 2.36. The Labute approximate surface area is 108 Å². The Balaban J connectivity index is 2.88. The summed E-state index contributed by atoms with van der Waals surface area (Å²) in [4.78, 5) is 10.7. The van der Waals surface area contributed by atoms with E-state index in [0.29, 0.717) is 10.6 Å². The number of hydrogen-bond acceptors (Lipinski definition) is 2. The molecule has 0 atom stereocenters. The molecule has 0 aliphatic carbocycles. The molecule has 0 amide bonds. The molecule has 2 aromatic rings. The summed E-state index contributed by atoms with van der Waals surface area (Å²) in [5.74, 6) is -1.46. The van der Waals surface area contributed by atoms with Gasteiger partial charge in [0.15, 0.2) is 5.69 Å². The molecule has 0 unspecified atom stereocenters. The summed E-state index contributed by atoms with van der Waals surface area (Å²) < 4.78 is 38.6. The summed E-state index contributed by atoms with van der Waals surface area (Å²) in [5, 5.41) is 11.5. The first-order valence-electron chi connectivity index (χ1n) is 4.40. The fraction of sp³-hybridized carbons (Fsp3) is 0.111. The number of halogens is 5. The first kappa shape index (κ1) is 13.0. The molecule has 1 N–H and O–H groups in total. The van der Waals surface area contributed by atoms with E-state index in [1.165, 1.54) is 0 Å². The van der Waals surface area contributed by atoms with Crippen LogP contribution in [0.2, 0.25) is 10.0 Å². The van der Waals surface area contributed by atoms with Crippen molar-refractivity contribution >= 4 is 34.7 Å². The number of aromatic carboxylic acids is 1. The third kappa shape index (κ3) is 1.99. The van der Waals surface area contributed by atoms with Gasteiger partial charge in [-0.25, -0.2) is 9.31 Å². The van der Waals surface area contributed by atoms with Crippen molar-refractivity contribution in [2.75, 3.05) is 0 Å². The standard InChI is InChI=1S/C9H3Cl2F3N2O2/c10-3-1-6(9(12,13)14)16-5(7(3)11)2-4(15-16)8(17)18/h1-2H,(H,17,18). The summed E-state index contributed by atoms with van der Waals surface area (Å²) in [6.45, 7) is 0. The second-order valence-corrected chi connectivity index (χ2v) is 4.11. The van der Waals surface area contributed by atoms with Crippen LogP contribution in [0.3, 0.4) is 0 Å². The van der Waals surface area contributed by atoms with Crippen LogP contribution < -0.4 is 0 Å². The Morgan fingerprint density at radius 1 is 1.33 bits per heavy atom. The molecule has 0 bridgehead atoms. The topological polar surface area (TPSA) is 54.6 Å². The molecule has 2 aromatic heterocycles. The molecular formula is C9H3Cl2F3N2O2. The van der Waals surface area contributed by atoms with Gasteiger partial charge in [-0.3, -0.25) is 0 Å². The van der Waals surface area contributed by atoms with E-state index in [4.69, 9.17) is 28.3 Å². The minimum absolute atomic E-state index is 0.190. The second-order valence-electron chi connectivity index (χ2n) is 3.32. The number of carboxylic acid groups (broad SMARTS) is 1. The smallest absolute Gasteiger partial charge is 0.433 e. The van der Waals surface area contributed by atoms with E-state index in [0.717, 1.165) is 6.07 Å². The zero-order valence-corrected chi connectivity index (χ0v) is 9.81. The number of pyridine rings is 1. The second kappa shape index (κ2) is 4.03. The van der Waals surface area contributed by atoms with E-state index in [1.807, 2.05) is 0 Å². The van der Waals surface area contributed by atoms with Gasteiger partial charge in [0.25, 0.3) is 0 Å². The normalized spacial score (nSPS) is 12.1. The van der Waals surface area contributed by atoms with Gasteiger partial charge in [-0.15, -0.1) is 0 Å². The number of rotatable bonds is 1. The lowest BCUT2D eigenvalue weighted by Gasteiger charge is -2.10. The van der Waals surface area contributed by atoms with Crippen molar-refractivity contribution in [2.45, 2.75) is 6.18 Å². The Kier molecular flexibility index (Phi) is 2.90. The van der Waals surface area contributed by atoms with Crippen LogP contribution in [0.5, 0.6) is 0 Å². The van der Waals surface area contributed by atoms with Gasteiger partial charge in [-0.05, 0) is 6.07 Å². The van der Waals surface area contributed by atoms with E-state index < -0.39 is 23.5 Å². The summed E-state index contributed by atoms with van der Waals surface area (Å²) in [6, 6.07) is 1.52. The molecule has 2 heterocycles. The molecule has 0 aliphatic rings. The Hall–Kier alpha value is -1.47. The van der Waals surface area contributed by atoms with Crippen molar-refractivity contribution in [1.29, 1.82) is 0 Å². The molecule has 0 radical (unpaired) electrons. The van der Waals surface area contributed by atoms with Gasteiger partial charge >= 0.3 is 12.1 Å². The maximum atomic E-state index is 12.7. The lowest BCUT2D eigenvalue weighted by molar-refractivity contribution is -0.142. The van der Waals surface area contributed by atoms with Crippen LogP contribution in [0.15, 0.2) is 12.1 Å². The van der Waals surface area contributed by atoms with Gasteiger partial charge in [-0.2, -0.15) is 18.3 Å². The molecule has 0 saturated carbocycles. The Morgan fingerprint density at radius 2 is 1.94 bits per heavy atom. The fourth-order valence-electron chi connectivity index (χ4n) is 1.39. The lowest BCUT2D eigenvalue weighted by atomic mass is 10.3. The van der Waals surface area contributed by atoms with Crippen LogP contribution in [0, 0.1) is 0 Å². The van der Waals surface area contributed by atoms with Gasteiger partial charge in [-0.1, -0.05) is 23.2 Å². The number of aromatic nitrogens is 2. The van der Waals surface area contributed by atoms with Crippen LogP contribution in [-0.2, 0) is 6.18 Å². The number of hydrogen-bond donors (Lipinski definition) is 1. The number of carbonyl (C=O) groups is 1. The maximum absolute atomic E-state index is 12.7. The number of carboxylic acids is 1. The lowest BCUT2D eigenvalue weighted by Crippen LogP contribution is -2.13. The largest absolute Gasteiger partial charge is 0.476 e. The molecule has 0 spiro atoms. The molecule has 18 heavy (non-hydrogen) atoms. The minimum atomic E-state index is -4.73. The summed E-state index contributed by atoms with van der Waals surface area (Å²) >= 11 is 11.3.